The maximum absolute atomic E-state index is 12.1. The highest BCUT2D eigenvalue weighted by atomic mass is 32.2. The summed E-state index contributed by atoms with van der Waals surface area (Å²) in [5.41, 5.74) is 3.87. The molecule has 8 nitrogen and oxygen atoms in total. The van der Waals surface area contributed by atoms with Gasteiger partial charge in [0.05, 0.1) is 17.6 Å². The normalized spacial score (nSPS) is 14.9. The lowest BCUT2D eigenvalue weighted by Gasteiger charge is -2.09. The Hall–Kier alpha value is -2.94. The molecule has 0 radical (unpaired) electrons. The molecule has 0 bridgehead atoms. The van der Waals surface area contributed by atoms with E-state index < -0.39 is 9.84 Å². The van der Waals surface area contributed by atoms with Gasteiger partial charge in [-0.1, -0.05) is 6.08 Å². The maximum atomic E-state index is 12.1. The Morgan fingerprint density at radius 1 is 1.37 bits per heavy atom. The number of pyridine rings is 1. The fourth-order valence-electron chi connectivity index (χ4n) is 3.35. The van der Waals surface area contributed by atoms with Gasteiger partial charge in [-0.2, -0.15) is 0 Å². The summed E-state index contributed by atoms with van der Waals surface area (Å²) in [6, 6.07) is 3.75. The predicted octanol–water partition coefficient (Wildman–Crippen LogP) is 2.02. The third-order valence-electron chi connectivity index (χ3n) is 4.52. The first-order chi connectivity index (χ1) is 12.9. The smallest absolute Gasteiger partial charge is 0.204 e. The molecule has 1 N–H and O–H groups in total. The standard InChI is InChI=1S/C18H20N6O2S/c1-4-5-13(19-2)16-17(23-9-8-20-18(23)22-16)12-6-7-14-21-10-15(24(14)11-12)27(3,25)26/h4-7,10-11H,8-9H2,1-3H3,(H,20,22)/b5-4-,19-13+. The van der Waals surface area contributed by atoms with E-state index >= 15 is 0 Å². The van der Waals surface area contributed by atoms with Crippen molar-refractivity contribution >= 4 is 27.1 Å². The summed E-state index contributed by atoms with van der Waals surface area (Å²) in [6.07, 6.45) is 8.21. The van der Waals surface area contributed by atoms with Gasteiger partial charge in [0.15, 0.2) is 14.9 Å². The van der Waals surface area contributed by atoms with E-state index in [1.165, 1.54) is 12.5 Å². The number of imidazole rings is 2. The Bertz CT molecular complexity index is 1200. The average molecular weight is 384 g/mol. The number of aromatic nitrogens is 4. The van der Waals surface area contributed by atoms with E-state index in [1.807, 2.05) is 31.2 Å². The van der Waals surface area contributed by atoms with Crippen molar-refractivity contribution in [2.75, 3.05) is 25.2 Å². The van der Waals surface area contributed by atoms with Crippen LogP contribution in [-0.4, -0.2) is 52.9 Å². The molecule has 0 aliphatic carbocycles. The molecule has 0 amide bonds. The molecular formula is C18H20N6O2S. The third-order valence-corrected chi connectivity index (χ3v) is 5.58. The van der Waals surface area contributed by atoms with Gasteiger partial charge in [-0.3, -0.25) is 9.39 Å². The van der Waals surface area contributed by atoms with Crippen LogP contribution in [0.15, 0.2) is 46.7 Å². The van der Waals surface area contributed by atoms with Crippen LogP contribution < -0.4 is 5.32 Å². The molecule has 0 atom stereocenters. The van der Waals surface area contributed by atoms with Gasteiger partial charge in [0.2, 0.25) is 5.95 Å². The van der Waals surface area contributed by atoms with E-state index in [0.29, 0.717) is 5.65 Å². The lowest BCUT2D eigenvalue weighted by molar-refractivity contribution is 0.597. The van der Waals surface area contributed by atoms with E-state index in [1.54, 1.807) is 17.6 Å². The number of fused-ring (bicyclic) bond motifs is 2. The van der Waals surface area contributed by atoms with Crippen molar-refractivity contribution in [1.82, 2.24) is 18.9 Å². The number of nitrogens with zero attached hydrogens (tertiary/aromatic N) is 5. The van der Waals surface area contributed by atoms with Crippen molar-refractivity contribution in [3.8, 4) is 11.3 Å². The van der Waals surface area contributed by atoms with Crippen molar-refractivity contribution in [1.29, 1.82) is 0 Å². The second-order valence-corrected chi connectivity index (χ2v) is 8.30. The van der Waals surface area contributed by atoms with Crippen LogP contribution in [0.4, 0.5) is 5.95 Å². The molecule has 4 rings (SSSR count). The molecule has 0 saturated heterocycles. The minimum Gasteiger partial charge on any atom is -0.354 e. The fraction of sp³-hybridized carbons (Fsp3) is 0.278. The van der Waals surface area contributed by atoms with E-state index in [4.69, 9.17) is 4.98 Å². The molecule has 4 heterocycles. The van der Waals surface area contributed by atoms with Crippen molar-refractivity contribution in [2.24, 2.45) is 4.99 Å². The highest BCUT2D eigenvalue weighted by Crippen LogP contribution is 2.31. The lowest BCUT2D eigenvalue weighted by atomic mass is 10.1. The fourth-order valence-corrected chi connectivity index (χ4v) is 4.09. The van der Waals surface area contributed by atoms with Gasteiger partial charge in [-0.05, 0) is 25.1 Å². The molecular weight excluding hydrogens is 364 g/mol. The molecule has 0 spiro atoms. The van der Waals surface area contributed by atoms with Crippen LogP contribution in [0.25, 0.3) is 16.9 Å². The number of hydrogen-bond donors (Lipinski definition) is 1. The summed E-state index contributed by atoms with van der Waals surface area (Å²) in [4.78, 5) is 13.3. The van der Waals surface area contributed by atoms with Crippen molar-refractivity contribution in [3.63, 3.8) is 0 Å². The van der Waals surface area contributed by atoms with Gasteiger partial charge in [0.25, 0.3) is 0 Å². The summed E-state index contributed by atoms with van der Waals surface area (Å²) in [6.45, 7) is 3.52. The molecule has 140 valence electrons. The minimum atomic E-state index is -3.39. The highest BCUT2D eigenvalue weighted by Gasteiger charge is 2.25. The zero-order chi connectivity index (χ0) is 19.2. The van der Waals surface area contributed by atoms with Crippen LogP contribution in [0.3, 0.4) is 0 Å². The van der Waals surface area contributed by atoms with E-state index in [0.717, 1.165) is 41.7 Å². The molecule has 1 aliphatic rings. The van der Waals surface area contributed by atoms with Gasteiger partial charge < -0.3 is 9.88 Å². The number of rotatable bonds is 4. The molecule has 0 saturated carbocycles. The Labute approximate surface area is 157 Å². The highest BCUT2D eigenvalue weighted by molar-refractivity contribution is 7.90. The Balaban J connectivity index is 1.99. The van der Waals surface area contributed by atoms with Crippen LogP contribution in [0.2, 0.25) is 0 Å². The summed E-state index contributed by atoms with van der Waals surface area (Å²) in [5, 5.41) is 3.44. The Morgan fingerprint density at radius 3 is 2.89 bits per heavy atom. The monoisotopic (exact) mass is 384 g/mol. The number of anilines is 1. The Kier molecular flexibility index (Phi) is 4.11. The summed E-state index contributed by atoms with van der Waals surface area (Å²) >= 11 is 0. The maximum Gasteiger partial charge on any atom is 0.204 e. The largest absolute Gasteiger partial charge is 0.354 e. The number of aliphatic imine (C=N–C) groups is 1. The molecule has 9 heteroatoms. The van der Waals surface area contributed by atoms with Gasteiger partial charge in [-0.15, -0.1) is 0 Å². The molecule has 1 aliphatic heterocycles. The topological polar surface area (TPSA) is 93.7 Å². The second kappa shape index (κ2) is 6.34. The van der Waals surface area contributed by atoms with E-state index in [-0.39, 0.29) is 5.03 Å². The average Bonchev–Trinajstić information content (AvgIpc) is 3.31. The van der Waals surface area contributed by atoms with Gasteiger partial charge in [-0.25, -0.2) is 18.4 Å². The predicted molar refractivity (Wildman–Crippen MR) is 105 cm³/mol. The Morgan fingerprint density at radius 2 is 2.19 bits per heavy atom. The molecule has 0 aromatic carbocycles. The minimum absolute atomic E-state index is 0.165. The van der Waals surface area contributed by atoms with Gasteiger partial charge in [0.1, 0.15) is 11.3 Å². The lowest BCUT2D eigenvalue weighted by Crippen LogP contribution is -2.06. The molecule has 3 aromatic rings. The van der Waals surface area contributed by atoms with Crippen LogP contribution in [0.1, 0.15) is 12.6 Å². The van der Waals surface area contributed by atoms with Crippen LogP contribution in [0, 0.1) is 0 Å². The molecule has 0 unspecified atom stereocenters. The zero-order valence-electron chi connectivity index (χ0n) is 15.3. The van der Waals surface area contributed by atoms with Crippen LogP contribution >= 0.6 is 0 Å². The first kappa shape index (κ1) is 17.5. The van der Waals surface area contributed by atoms with Crippen LogP contribution in [0.5, 0.6) is 0 Å². The summed E-state index contributed by atoms with van der Waals surface area (Å²) in [5.74, 6) is 0.791. The van der Waals surface area contributed by atoms with Gasteiger partial charge >= 0.3 is 0 Å². The summed E-state index contributed by atoms with van der Waals surface area (Å²) in [7, 11) is -1.66. The number of allylic oxidation sites excluding steroid dienone is 2. The van der Waals surface area contributed by atoms with Crippen LogP contribution in [-0.2, 0) is 16.4 Å². The third kappa shape index (κ3) is 2.84. The van der Waals surface area contributed by atoms with E-state index in [2.05, 4.69) is 19.9 Å². The first-order valence-corrected chi connectivity index (χ1v) is 10.4. The van der Waals surface area contributed by atoms with E-state index in [9.17, 15) is 8.42 Å². The molecule has 0 fully saturated rings. The van der Waals surface area contributed by atoms with Crippen molar-refractivity contribution in [3.05, 3.63) is 42.4 Å². The first-order valence-electron chi connectivity index (χ1n) is 8.56. The molecule has 3 aromatic heterocycles. The number of nitrogens with one attached hydrogen (secondary N) is 1. The zero-order valence-corrected chi connectivity index (χ0v) is 16.2. The number of hydrogen-bond acceptors (Lipinski definition) is 6. The van der Waals surface area contributed by atoms with Gasteiger partial charge in [0, 0.05) is 38.2 Å². The van der Waals surface area contributed by atoms with Crippen molar-refractivity contribution in [2.45, 2.75) is 18.5 Å². The number of sulfone groups is 1. The second-order valence-electron chi connectivity index (χ2n) is 6.33. The SMILES string of the molecule is C/C=C\C(=N/C)c1nc2n(c1-c1ccc3ncc(S(C)(=O)=O)n3c1)CCN2. The summed E-state index contributed by atoms with van der Waals surface area (Å²) < 4.78 is 27.9. The molecule has 27 heavy (non-hydrogen) atoms. The van der Waals surface area contributed by atoms with Crippen molar-refractivity contribution < 1.29 is 8.42 Å². The quantitative estimate of drug-likeness (QED) is 0.695.